The Morgan fingerprint density at radius 1 is 1.25 bits per heavy atom. The molecule has 114 valence electrons. The highest BCUT2D eigenvalue weighted by molar-refractivity contribution is 7.94. The summed E-state index contributed by atoms with van der Waals surface area (Å²) in [6, 6.07) is 2.38. The molecule has 0 saturated heterocycles. The highest BCUT2D eigenvalue weighted by atomic mass is 32.3. The Bertz CT molecular complexity index is 582. The summed E-state index contributed by atoms with van der Waals surface area (Å²) in [5.41, 5.74) is -0.191. The van der Waals surface area contributed by atoms with Crippen molar-refractivity contribution < 1.29 is 29.6 Å². The minimum absolute atomic E-state index is 0.191. The van der Waals surface area contributed by atoms with Gasteiger partial charge in [0, 0.05) is 0 Å². The van der Waals surface area contributed by atoms with Gasteiger partial charge in [-0.3, -0.25) is 9.11 Å². The molecule has 0 aromatic heterocycles. The number of rotatable bonds is 4. The fourth-order valence-corrected chi connectivity index (χ4v) is 2.41. The van der Waals surface area contributed by atoms with Crippen molar-refractivity contribution in [3.63, 3.8) is 0 Å². The van der Waals surface area contributed by atoms with Crippen molar-refractivity contribution in [2.45, 2.75) is 26.2 Å². The lowest BCUT2D eigenvalue weighted by Gasteiger charge is -2.21. The molecule has 0 spiro atoms. The summed E-state index contributed by atoms with van der Waals surface area (Å²) in [4.78, 5) is 0. The van der Waals surface area contributed by atoms with Gasteiger partial charge in [0.25, 0.3) is 0 Å². The average Bonchev–Trinajstić information content (AvgIpc) is 2.26. The first-order chi connectivity index (χ1) is 9.04. The Labute approximate surface area is 118 Å². The van der Waals surface area contributed by atoms with Crippen molar-refractivity contribution in [1.29, 1.82) is 5.26 Å². The van der Waals surface area contributed by atoms with E-state index in [1.165, 1.54) is 0 Å². The van der Waals surface area contributed by atoms with E-state index in [2.05, 4.69) is 22.7 Å². The van der Waals surface area contributed by atoms with Gasteiger partial charge in [0.1, 0.15) is 0 Å². The van der Waals surface area contributed by atoms with Crippen LogP contribution in [0.4, 0.5) is 0 Å². The molecule has 1 rings (SSSR count). The molecule has 1 unspecified atom stereocenters. The van der Waals surface area contributed by atoms with Crippen LogP contribution in [0.2, 0.25) is 0 Å². The fraction of sp³-hybridized carbons (Fsp3) is 0.500. The van der Waals surface area contributed by atoms with Gasteiger partial charge >= 0.3 is 20.8 Å². The molecule has 0 amide bonds. The summed E-state index contributed by atoms with van der Waals surface area (Å²) in [7, 11) is -10.2. The Morgan fingerprint density at radius 3 is 2.05 bits per heavy atom. The monoisotopic (exact) mass is 325 g/mol. The second kappa shape index (κ2) is 7.51. The number of nitriles is 1. The Kier molecular flexibility index (Phi) is 7.04. The number of hydrogen-bond donors (Lipinski definition) is 2. The SMILES string of the molecule is CCCC1(C#N)C=CC=CC1.O=S(=O)(O)OS(=O)(=O)O. The number of allylic oxidation sites excluding steroid dienone is 4. The topological polar surface area (TPSA) is 142 Å². The van der Waals surface area contributed by atoms with Gasteiger partial charge in [-0.2, -0.15) is 22.1 Å². The van der Waals surface area contributed by atoms with Crippen molar-refractivity contribution in [2.24, 2.45) is 5.41 Å². The van der Waals surface area contributed by atoms with E-state index in [0.29, 0.717) is 0 Å². The summed E-state index contributed by atoms with van der Waals surface area (Å²) in [5, 5.41) is 8.94. The van der Waals surface area contributed by atoms with Crippen molar-refractivity contribution in [3.8, 4) is 6.07 Å². The summed E-state index contributed by atoms with van der Waals surface area (Å²) in [6.07, 6.45) is 11.0. The lowest BCUT2D eigenvalue weighted by Crippen LogP contribution is -2.15. The maximum atomic E-state index is 9.44. The molecule has 1 atom stereocenters. The van der Waals surface area contributed by atoms with Gasteiger partial charge in [-0.15, -0.1) is 3.63 Å². The molecule has 0 radical (unpaired) electrons. The molecule has 1 aliphatic carbocycles. The van der Waals surface area contributed by atoms with Crippen molar-refractivity contribution in [2.75, 3.05) is 0 Å². The van der Waals surface area contributed by atoms with E-state index in [9.17, 15) is 16.8 Å². The van der Waals surface area contributed by atoms with E-state index in [1.807, 2.05) is 18.2 Å². The molecule has 2 N–H and O–H groups in total. The lowest BCUT2D eigenvalue weighted by molar-refractivity contribution is 0.344. The molecule has 10 heteroatoms. The van der Waals surface area contributed by atoms with Gasteiger partial charge in [0.2, 0.25) is 0 Å². The smallest absolute Gasteiger partial charge is 0.263 e. The van der Waals surface area contributed by atoms with Crippen molar-refractivity contribution in [1.82, 2.24) is 0 Å². The van der Waals surface area contributed by atoms with Crippen LogP contribution in [0.3, 0.4) is 0 Å². The predicted octanol–water partition coefficient (Wildman–Crippen LogP) is 1.42. The molecule has 0 aromatic carbocycles. The quantitative estimate of drug-likeness (QED) is 0.739. The average molecular weight is 325 g/mol. The van der Waals surface area contributed by atoms with Gasteiger partial charge in [-0.25, -0.2) is 0 Å². The van der Waals surface area contributed by atoms with Crippen molar-refractivity contribution >= 4 is 20.8 Å². The molecule has 0 aromatic rings. The molecule has 1 aliphatic rings. The fourth-order valence-electron chi connectivity index (χ4n) is 1.54. The van der Waals surface area contributed by atoms with E-state index >= 15 is 0 Å². The first-order valence-electron chi connectivity index (χ1n) is 5.45. The maximum Gasteiger partial charge on any atom is 0.413 e. The molecular weight excluding hydrogens is 310 g/mol. The van der Waals surface area contributed by atoms with E-state index in [-0.39, 0.29) is 5.41 Å². The number of hydrogen-bond acceptors (Lipinski definition) is 6. The van der Waals surface area contributed by atoms with E-state index in [0.717, 1.165) is 19.3 Å². The molecule has 20 heavy (non-hydrogen) atoms. The normalized spacial score (nSPS) is 21.7. The second-order valence-corrected chi connectivity index (χ2v) is 6.19. The van der Waals surface area contributed by atoms with Gasteiger partial charge in [0.05, 0.1) is 11.5 Å². The largest absolute Gasteiger partial charge is 0.413 e. The van der Waals surface area contributed by atoms with Crippen LogP contribution < -0.4 is 0 Å². The highest BCUT2D eigenvalue weighted by Gasteiger charge is 2.25. The molecule has 0 aliphatic heterocycles. The van der Waals surface area contributed by atoms with E-state index in [1.54, 1.807) is 0 Å². The molecule has 0 bridgehead atoms. The molecular formula is C10H15NO7S2. The van der Waals surface area contributed by atoms with Crippen LogP contribution in [0.25, 0.3) is 0 Å². The molecule has 0 heterocycles. The minimum Gasteiger partial charge on any atom is -0.263 e. The van der Waals surface area contributed by atoms with Crippen LogP contribution in [0.5, 0.6) is 0 Å². The van der Waals surface area contributed by atoms with Gasteiger partial charge in [-0.1, -0.05) is 37.6 Å². The Balaban J connectivity index is 0.000000370. The van der Waals surface area contributed by atoms with E-state index < -0.39 is 20.8 Å². The third-order valence-electron chi connectivity index (χ3n) is 2.24. The van der Waals surface area contributed by atoms with Crippen LogP contribution in [0.1, 0.15) is 26.2 Å². The molecule has 0 fully saturated rings. The minimum atomic E-state index is -5.12. The third-order valence-corrected chi connectivity index (χ3v) is 3.61. The predicted molar refractivity (Wildman–Crippen MR) is 70.0 cm³/mol. The maximum absolute atomic E-state index is 9.44. The standard InChI is InChI=1S/C10H13N.H2O7S2/c1-2-6-10(9-11)7-4-3-5-8-10;1-8(2,3)7-9(4,5)6/h3-5,7H,2,6,8H2,1H3;(H,1,2,3)(H,4,5,6). The lowest BCUT2D eigenvalue weighted by atomic mass is 9.79. The first-order valence-corrected chi connectivity index (χ1v) is 8.18. The van der Waals surface area contributed by atoms with Gasteiger partial charge in [-0.05, 0) is 12.8 Å². The van der Waals surface area contributed by atoms with Crippen LogP contribution >= 0.6 is 0 Å². The zero-order valence-electron chi connectivity index (χ0n) is 10.6. The van der Waals surface area contributed by atoms with Crippen molar-refractivity contribution in [3.05, 3.63) is 24.3 Å². The summed E-state index contributed by atoms with van der Waals surface area (Å²) >= 11 is 0. The van der Waals surface area contributed by atoms with Crippen LogP contribution in [0, 0.1) is 16.7 Å². The molecule has 0 saturated carbocycles. The highest BCUT2D eigenvalue weighted by Crippen LogP contribution is 2.31. The van der Waals surface area contributed by atoms with Crippen LogP contribution in [0.15, 0.2) is 24.3 Å². The summed E-state index contributed by atoms with van der Waals surface area (Å²) in [6.45, 7) is 2.12. The van der Waals surface area contributed by atoms with Crippen LogP contribution in [-0.2, 0) is 24.4 Å². The van der Waals surface area contributed by atoms with Gasteiger partial charge in [0.15, 0.2) is 0 Å². The Hall–Kier alpha value is -1.25. The van der Waals surface area contributed by atoms with Gasteiger partial charge < -0.3 is 0 Å². The summed E-state index contributed by atoms with van der Waals surface area (Å²) in [5.74, 6) is 0. The third kappa shape index (κ3) is 8.78. The first kappa shape index (κ1) is 18.8. The van der Waals surface area contributed by atoms with Crippen LogP contribution in [-0.4, -0.2) is 25.9 Å². The zero-order chi connectivity index (χ0) is 15.9. The second-order valence-electron chi connectivity index (χ2n) is 3.93. The molecule has 8 nitrogen and oxygen atoms in total. The van der Waals surface area contributed by atoms with E-state index in [4.69, 9.17) is 14.4 Å². The Morgan fingerprint density at radius 2 is 1.80 bits per heavy atom. The summed E-state index contributed by atoms with van der Waals surface area (Å²) < 4.78 is 55.6. The zero-order valence-corrected chi connectivity index (χ0v) is 12.3. The number of nitrogens with zero attached hydrogens (tertiary/aromatic N) is 1.